The summed E-state index contributed by atoms with van der Waals surface area (Å²) in [5.41, 5.74) is 5.97. The number of thioether (sulfide) groups is 1. The molecule has 0 aliphatic heterocycles. The van der Waals surface area contributed by atoms with Crippen molar-refractivity contribution in [3.05, 3.63) is 30.1 Å². The van der Waals surface area contributed by atoms with Crippen molar-refractivity contribution in [2.45, 2.75) is 30.5 Å². The lowest BCUT2D eigenvalue weighted by Crippen LogP contribution is -2.21. The number of nitrogens with two attached hydrogens (primary N) is 1. The van der Waals surface area contributed by atoms with Crippen molar-refractivity contribution in [3.63, 3.8) is 0 Å². The maximum absolute atomic E-state index is 12.2. The van der Waals surface area contributed by atoms with Crippen LogP contribution in [0.2, 0.25) is 0 Å². The van der Waals surface area contributed by atoms with Gasteiger partial charge in [0.2, 0.25) is 11.8 Å². The fraction of sp³-hybridized carbons (Fsp3) is 0.375. The van der Waals surface area contributed by atoms with E-state index in [2.05, 4.69) is 15.5 Å². The van der Waals surface area contributed by atoms with Crippen molar-refractivity contribution >= 4 is 29.3 Å². The summed E-state index contributed by atoms with van der Waals surface area (Å²) in [5, 5.41) is 11.6. The number of carbonyl (C=O) groups excluding carboxylic acids is 2. The molecule has 1 fully saturated rings. The molecule has 0 radical (unpaired) electrons. The molecule has 25 heavy (non-hydrogen) atoms. The number of amides is 2. The quantitative estimate of drug-likeness (QED) is 0.687. The third kappa shape index (κ3) is 4.50. The molecule has 0 spiro atoms. The average molecular weight is 361 g/mol. The number of carbonyl (C=O) groups is 2. The number of benzene rings is 1. The third-order valence-electron chi connectivity index (χ3n) is 3.69. The van der Waals surface area contributed by atoms with Gasteiger partial charge in [-0.05, 0) is 25.0 Å². The summed E-state index contributed by atoms with van der Waals surface area (Å²) in [4.78, 5) is 23.4. The van der Waals surface area contributed by atoms with Gasteiger partial charge in [-0.2, -0.15) is 0 Å². The zero-order valence-electron chi connectivity index (χ0n) is 13.8. The van der Waals surface area contributed by atoms with E-state index in [0.29, 0.717) is 22.5 Å². The van der Waals surface area contributed by atoms with Crippen molar-refractivity contribution in [3.8, 4) is 5.75 Å². The maximum Gasteiger partial charge on any atom is 0.237 e. The molecule has 1 aromatic carbocycles. The standard InChI is InChI=1S/C16H19N5O3S/c1-24-12-4-2-3-11(7-12)18-14(23)9-25-16-20-19-15(10-5-6-10)21(16)8-13(17)22/h2-4,7,10H,5-6,8-9H2,1H3,(H2,17,22)(H,18,23). The molecule has 3 rings (SSSR count). The molecule has 1 heterocycles. The van der Waals surface area contributed by atoms with Gasteiger partial charge in [0.25, 0.3) is 0 Å². The zero-order valence-corrected chi connectivity index (χ0v) is 14.6. The van der Waals surface area contributed by atoms with Crippen LogP contribution in [0.4, 0.5) is 5.69 Å². The van der Waals surface area contributed by atoms with Crippen molar-refractivity contribution in [1.29, 1.82) is 0 Å². The van der Waals surface area contributed by atoms with Gasteiger partial charge in [0, 0.05) is 17.7 Å². The van der Waals surface area contributed by atoms with Crippen LogP contribution < -0.4 is 15.8 Å². The number of ether oxygens (including phenoxy) is 1. The molecule has 0 saturated heterocycles. The normalized spacial score (nSPS) is 13.5. The SMILES string of the molecule is COc1cccc(NC(=O)CSc2nnc(C3CC3)n2CC(N)=O)c1. The van der Waals surface area contributed by atoms with E-state index in [-0.39, 0.29) is 18.2 Å². The Morgan fingerprint density at radius 1 is 1.40 bits per heavy atom. The highest BCUT2D eigenvalue weighted by Gasteiger charge is 2.30. The number of hydrogen-bond acceptors (Lipinski definition) is 6. The van der Waals surface area contributed by atoms with Gasteiger partial charge in [-0.25, -0.2) is 0 Å². The Kier molecular flexibility index (Phi) is 5.22. The monoisotopic (exact) mass is 361 g/mol. The highest BCUT2D eigenvalue weighted by Crippen LogP contribution is 2.40. The minimum atomic E-state index is -0.454. The van der Waals surface area contributed by atoms with Crippen LogP contribution in [-0.2, 0) is 16.1 Å². The number of methoxy groups -OCH3 is 1. The maximum atomic E-state index is 12.2. The summed E-state index contributed by atoms with van der Waals surface area (Å²) in [6, 6.07) is 7.12. The molecule has 0 atom stereocenters. The molecule has 3 N–H and O–H groups in total. The van der Waals surface area contributed by atoms with Gasteiger partial charge in [0.05, 0.1) is 12.9 Å². The first-order valence-electron chi connectivity index (χ1n) is 7.85. The van der Waals surface area contributed by atoms with Gasteiger partial charge in [-0.1, -0.05) is 17.8 Å². The number of nitrogens with one attached hydrogen (secondary N) is 1. The van der Waals surface area contributed by atoms with Crippen LogP contribution in [0.25, 0.3) is 0 Å². The smallest absolute Gasteiger partial charge is 0.237 e. The average Bonchev–Trinajstić information content (AvgIpc) is 3.35. The second kappa shape index (κ2) is 7.56. The molecule has 9 heteroatoms. The van der Waals surface area contributed by atoms with E-state index in [1.54, 1.807) is 35.9 Å². The molecule has 1 saturated carbocycles. The highest BCUT2D eigenvalue weighted by atomic mass is 32.2. The van der Waals surface area contributed by atoms with E-state index in [1.807, 2.05) is 0 Å². The first kappa shape index (κ1) is 17.3. The largest absolute Gasteiger partial charge is 0.497 e. The summed E-state index contributed by atoms with van der Waals surface area (Å²) >= 11 is 1.23. The van der Waals surface area contributed by atoms with Crippen molar-refractivity contribution in [2.24, 2.45) is 5.73 Å². The summed E-state index contributed by atoms with van der Waals surface area (Å²) in [6.45, 7) is 0.0265. The summed E-state index contributed by atoms with van der Waals surface area (Å²) < 4.78 is 6.84. The summed E-state index contributed by atoms with van der Waals surface area (Å²) in [7, 11) is 1.57. The first-order chi connectivity index (χ1) is 12.1. The first-order valence-corrected chi connectivity index (χ1v) is 8.83. The Morgan fingerprint density at radius 2 is 2.20 bits per heavy atom. The van der Waals surface area contributed by atoms with Gasteiger partial charge in [0.15, 0.2) is 5.16 Å². The molecular formula is C16H19N5O3S. The molecule has 2 amide bonds. The lowest BCUT2D eigenvalue weighted by atomic mass is 10.3. The number of aromatic nitrogens is 3. The molecule has 0 bridgehead atoms. The Hall–Kier alpha value is -2.55. The predicted molar refractivity (Wildman–Crippen MR) is 93.5 cm³/mol. The molecule has 132 valence electrons. The van der Waals surface area contributed by atoms with E-state index in [0.717, 1.165) is 18.7 Å². The third-order valence-corrected chi connectivity index (χ3v) is 4.65. The van der Waals surface area contributed by atoms with Gasteiger partial charge >= 0.3 is 0 Å². The fourth-order valence-corrected chi connectivity index (χ4v) is 3.13. The summed E-state index contributed by atoms with van der Waals surface area (Å²) in [5.74, 6) is 1.30. The van der Waals surface area contributed by atoms with Crippen LogP contribution in [0.3, 0.4) is 0 Å². The molecule has 1 aromatic heterocycles. The molecule has 2 aromatic rings. The Bertz CT molecular complexity index is 788. The predicted octanol–water partition coefficient (Wildman–Crippen LogP) is 1.38. The zero-order chi connectivity index (χ0) is 17.8. The second-order valence-electron chi connectivity index (χ2n) is 5.74. The van der Waals surface area contributed by atoms with Crippen molar-refractivity contribution in [1.82, 2.24) is 14.8 Å². The highest BCUT2D eigenvalue weighted by molar-refractivity contribution is 7.99. The van der Waals surface area contributed by atoms with Crippen LogP contribution in [0, 0.1) is 0 Å². The van der Waals surface area contributed by atoms with E-state index in [4.69, 9.17) is 10.5 Å². The second-order valence-corrected chi connectivity index (χ2v) is 6.68. The van der Waals surface area contributed by atoms with Gasteiger partial charge < -0.3 is 15.8 Å². The van der Waals surface area contributed by atoms with E-state index in [9.17, 15) is 9.59 Å². The molecule has 1 aliphatic carbocycles. The summed E-state index contributed by atoms with van der Waals surface area (Å²) in [6.07, 6.45) is 2.08. The number of anilines is 1. The number of rotatable bonds is 8. The lowest BCUT2D eigenvalue weighted by Gasteiger charge is -2.08. The molecule has 1 aliphatic rings. The number of primary amides is 1. The van der Waals surface area contributed by atoms with Gasteiger partial charge in [-0.3, -0.25) is 14.2 Å². The fourth-order valence-electron chi connectivity index (χ4n) is 2.38. The van der Waals surface area contributed by atoms with Crippen LogP contribution >= 0.6 is 11.8 Å². The van der Waals surface area contributed by atoms with E-state index >= 15 is 0 Å². The lowest BCUT2D eigenvalue weighted by molar-refractivity contribution is -0.118. The van der Waals surface area contributed by atoms with Crippen molar-refractivity contribution in [2.75, 3.05) is 18.2 Å². The molecule has 8 nitrogen and oxygen atoms in total. The Balaban J connectivity index is 1.62. The van der Waals surface area contributed by atoms with E-state index in [1.165, 1.54) is 11.8 Å². The number of hydrogen-bond donors (Lipinski definition) is 2. The van der Waals surface area contributed by atoms with Gasteiger partial charge in [-0.15, -0.1) is 10.2 Å². The molecular weight excluding hydrogens is 342 g/mol. The topological polar surface area (TPSA) is 112 Å². The van der Waals surface area contributed by atoms with Crippen LogP contribution in [0.15, 0.2) is 29.4 Å². The van der Waals surface area contributed by atoms with Gasteiger partial charge in [0.1, 0.15) is 18.1 Å². The Labute approximate surface area is 149 Å². The minimum absolute atomic E-state index is 0.0265. The van der Waals surface area contributed by atoms with Crippen LogP contribution in [-0.4, -0.2) is 39.4 Å². The van der Waals surface area contributed by atoms with E-state index < -0.39 is 5.91 Å². The minimum Gasteiger partial charge on any atom is -0.497 e. The molecule has 0 unspecified atom stereocenters. The number of nitrogens with zero attached hydrogens (tertiary/aromatic N) is 3. The van der Waals surface area contributed by atoms with Crippen LogP contribution in [0.1, 0.15) is 24.6 Å². The Morgan fingerprint density at radius 3 is 2.88 bits per heavy atom. The van der Waals surface area contributed by atoms with Crippen LogP contribution in [0.5, 0.6) is 5.75 Å². The van der Waals surface area contributed by atoms with Crippen molar-refractivity contribution < 1.29 is 14.3 Å².